The zero-order chi connectivity index (χ0) is 14.1. The van der Waals surface area contributed by atoms with Gasteiger partial charge in [-0.1, -0.05) is 41.1 Å². The topological polar surface area (TPSA) is 15.4 Å². The van der Waals surface area contributed by atoms with Gasteiger partial charge in [-0.2, -0.15) is 0 Å². The van der Waals surface area contributed by atoms with Crippen molar-refractivity contribution in [2.75, 3.05) is 0 Å². The minimum absolute atomic E-state index is 0.193. The van der Waals surface area contributed by atoms with E-state index in [-0.39, 0.29) is 6.04 Å². The maximum absolute atomic E-state index is 4.69. The average Bonchev–Trinajstić information content (AvgIpc) is 2.81. The van der Waals surface area contributed by atoms with Crippen molar-refractivity contribution >= 4 is 5.69 Å². The van der Waals surface area contributed by atoms with Crippen molar-refractivity contribution in [1.82, 2.24) is 0 Å². The van der Waals surface area contributed by atoms with Gasteiger partial charge in [-0.15, -0.1) is 0 Å². The van der Waals surface area contributed by atoms with Gasteiger partial charge in [0.2, 0.25) is 11.7 Å². The number of hydrogen-bond donors (Lipinski definition) is 0. The highest BCUT2D eigenvalue weighted by molar-refractivity contribution is 5.39. The molecule has 0 spiro atoms. The molecule has 0 radical (unpaired) electrons. The molecule has 1 atom stereocenters. The summed E-state index contributed by atoms with van der Waals surface area (Å²) in [5, 5.41) is 4.69. The summed E-state index contributed by atoms with van der Waals surface area (Å²) in [5.41, 5.74) is 6.20. The fourth-order valence-electron chi connectivity index (χ4n) is 2.86. The molecule has 2 nitrogen and oxygen atoms in total. The summed E-state index contributed by atoms with van der Waals surface area (Å²) >= 11 is 0. The molecule has 1 unspecified atom stereocenters. The Balaban J connectivity index is 2.12. The lowest BCUT2D eigenvalue weighted by Gasteiger charge is -2.12. The van der Waals surface area contributed by atoms with Gasteiger partial charge in [-0.05, 0) is 37.0 Å². The van der Waals surface area contributed by atoms with Gasteiger partial charge < -0.3 is 0 Å². The number of para-hydroxylation sites is 1. The minimum atomic E-state index is 0.193. The van der Waals surface area contributed by atoms with Crippen LogP contribution in [0.1, 0.15) is 29.7 Å². The molecule has 0 amide bonds. The molecular weight excluding hydrogens is 244 g/mol. The van der Waals surface area contributed by atoms with Gasteiger partial charge >= 0.3 is 0 Å². The van der Waals surface area contributed by atoms with E-state index >= 15 is 0 Å². The molecule has 20 heavy (non-hydrogen) atoms. The third-order valence-electron chi connectivity index (χ3n) is 3.79. The number of aryl methyl sites for hydroxylation is 2. The predicted octanol–water partition coefficient (Wildman–Crippen LogP) is 5.06. The molecule has 100 valence electrons. The van der Waals surface area contributed by atoms with Crippen molar-refractivity contribution in [3.8, 4) is 0 Å². The Morgan fingerprint density at radius 1 is 0.850 bits per heavy atom. The van der Waals surface area contributed by atoms with Gasteiger partial charge in [0.15, 0.2) is 0 Å². The fraction of sp³-hybridized carbons (Fsp3) is 0.222. The number of rotatable bonds is 2. The molecule has 1 heterocycles. The van der Waals surface area contributed by atoms with E-state index < -0.39 is 0 Å². The van der Waals surface area contributed by atoms with Gasteiger partial charge in [0.1, 0.15) is 5.70 Å². The number of benzene rings is 2. The quantitative estimate of drug-likeness (QED) is 0.673. The third kappa shape index (κ3) is 2.18. The molecule has 2 aromatic rings. The number of azo groups is 2. The van der Waals surface area contributed by atoms with Crippen molar-refractivity contribution in [2.24, 2.45) is 5.11 Å². The van der Waals surface area contributed by atoms with E-state index in [1.807, 2.05) is 6.07 Å². The standard InChI is InChI=1S/C18H19N2/c1-13-8-7-9-14(2)18(13)17-12-15(3)19-20(17)16-10-5-4-6-11-16/h4-12,17H,1-3H3/q+1. The molecule has 3 rings (SSSR count). The highest BCUT2D eigenvalue weighted by Crippen LogP contribution is 2.35. The van der Waals surface area contributed by atoms with E-state index in [1.165, 1.54) is 16.7 Å². The molecule has 2 heteroatoms. The number of allylic oxidation sites excluding steroid dienone is 1. The summed E-state index contributed by atoms with van der Waals surface area (Å²) in [5.74, 6) is 0. The van der Waals surface area contributed by atoms with Crippen LogP contribution in [0.2, 0.25) is 0 Å². The number of hydrogen-bond acceptors (Lipinski definition) is 1. The van der Waals surface area contributed by atoms with E-state index in [2.05, 4.69) is 74.0 Å². The molecule has 0 N–H and O–H groups in total. The van der Waals surface area contributed by atoms with Crippen molar-refractivity contribution in [3.63, 3.8) is 0 Å². The van der Waals surface area contributed by atoms with Crippen LogP contribution in [0.15, 0.2) is 65.4 Å². The van der Waals surface area contributed by atoms with Crippen LogP contribution in [0.4, 0.5) is 5.69 Å². The summed E-state index contributed by atoms with van der Waals surface area (Å²) in [7, 11) is 0. The second kappa shape index (κ2) is 5.04. The summed E-state index contributed by atoms with van der Waals surface area (Å²) in [4.78, 5) is 0. The summed E-state index contributed by atoms with van der Waals surface area (Å²) in [6.07, 6.45) is 2.24. The Morgan fingerprint density at radius 3 is 2.15 bits per heavy atom. The van der Waals surface area contributed by atoms with Crippen LogP contribution in [0.5, 0.6) is 0 Å². The Kier molecular flexibility index (Phi) is 3.23. The SMILES string of the molecule is CC1=CC(c2c(C)cccc2C)[N+](c2ccccc2)=N1. The monoisotopic (exact) mass is 263 g/mol. The van der Waals surface area contributed by atoms with Crippen LogP contribution in [0.3, 0.4) is 0 Å². The van der Waals surface area contributed by atoms with Crippen LogP contribution >= 0.6 is 0 Å². The van der Waals surface area contributed by atoms with E-state index in [1.54, 1.807) is 0 Å². The van der Waals surface area contributed by atoms with Crippen LogP contribution in [0, 0.1) is 13.8 Å². The van der Waals surface area contributed by atoms with Gasteiger partial charge in [0.05, 0.1) is 0 Å². The zero-order valence-electron chi connectivity index (χ0n) is 12.2. The molecule has 0 bridgehead atoms. The fourth-order valence-corrected chi connectivity index (χ4v) is 2.86. The van der Waals surface area contributed by atoms with Crippen LogP contribution in [-0.2, 0) is 0 Å². The molecule has 1 aliphatic heterocycles. The minimum Gasteiger partial charge on any atom is -0.0732 e. The Bertz CT molecular complexity index is 676. The molecule has 0 saturated carbocycles. The summed E-state index contributed by atoms with van der Waals surface area (Å²) < 4.78 is 2.12. The van der Waals surface area contributed by atoms with Crippen LogP contribution < -0.4 is 0 Å². The van der Waals surface area contributed by atoms with E-state index in [4.69, 9.17) is 5.11 Å². The Hall–Kier alpha value is -2.22. The van der Waals surface area contributed by atoms with E-state index in [0.717, 1.165) is 11.4 Å². The first-order chi connectivity index (χ1) is 9.66. The maximum Gasteiger partial charge on any atom is 0.233 e. The maximum atomic E-state index is 4.69. The van der Waals surface area contributed by atoms with Gasteiger partial charge in [0, 0.05) is 23.8 Å². The second-order valence-corrected chi connectivity index (χ2v) is 5.34. The van der Waals surface area contributed by atoms with Gasteiger partial charge in [-0.25, -0.2) is 0 Å². The predicted molar refractivity (Wildman–Crippen MR) is 81.2 cm³/mol. The second-order valence-electron chi connectivity index (χ2n) is 5.34. The highest BCUT2D eigenvalue weighted by Gasteiger charge is 2.32. The highest BCUT2D eigenvalue weighted by atomic mass is 15.3. The van der Waals surface area contributed by atoms with Crippen molar-refractivity contribution in [2.45, 2.75) is 26.8 Å². The lowest BCUT2D eigenvalue weighted by Crippen LogP contribution is -2.10. The van der Waals surface area contributed by atoms with Crippen molar-refractivity contribution < 1.29 is 4.70 Å². The first kappa shape index (κ1) is 12.8. The Labute approximate surface area is 120 Å². The van der Waals surface area contributed by atoms with Crippen LogP contribution in [-0.4, -0.2) is 4.70 Å². The molecule has 1 aliphatic rings. The summed E-state index contributed by atoms with van der Waals surface area (Å²) in [6, 6.07) is 17.0. The largest absolute Gasteiger partial charge is 0.233 e. The first-order valence-electron chi connectivity index (χ1n) is 6.97. The van der Waals surface area contributed by atoms with E-state index in [9.17, 15) is 0 Å². The molecule has 0 fully saturated rings. The zero-order valence-corrected chi connectivity index (χ0v) is 12.2. The lowest BCUT2D eigenvalue weighted by molar-refractivity contribution is -0.537. The molecule has 0 aromatic heterocycles. The van der Waals surface area contributed by atoms with E-state index in [0.29, 0.717) is 0 Å². The smallest absolute Gasteiger partial charge is 0.0732 e. The lowest BCUT2D eigenvalue weighted by atomic mass is 9.95. The molecule has 2 aromatic carbocycles. The molecular formula is C18H19N2+. The third-order valence-corrected chi connectivity index (χ3v) is 3.79. The molecule has 0 aliphatic carbocycles. The average molecular weight is 263 g/mol. The van der Waals surface area contributed by atoms with Crippen LogP contribution in [0.25, 0.3) is 0 Å². The summed E-state index contributed by atoms with van der Waals surface area (Å²) in [6.45, 7) is 6.41. The van der Waals surface area contributed by atoms with Crippen molar-refractivity contribution in [3.05, 3.63) is 77.0 Å². The Morgan fingerprint density at radius 2 is 1.50 bits per heavy atom. The normalized spacial score (nSPS) is 17.9. The number of nitrogens with zero attached hydrogens (tertiary/aromatic N) is 2. The molecule has 0 saturated heterocycles. The first-order valence-corrected chi connectivity index (χ1v) is 6.97. The van der Waals surface area contributed by atoms with Gasteiger partial charge in [0.25, 0.3) is 0 Å². The van der Waals surface area contributed by atoms with Gasteiger partial charge in [-0.3, -0.25) is 0 Å². The van der Waals surface area contributed by atoms with Crippen molar-refractivity contribution in [1.29, 1.82) is 0 Å².